The molecule has 16 heteroatoms. The first-order chi connectivity index (χ1) is 22.6. The lowest BCUT2D eigenvalue weighted by Gasteiger charge is -2.33. The molecule has 3 aromatic rings. The molecule has 4 heterocycles. The van der Waals surface area contributed by atoms with Crippen molar-refractivity contribution >= 4 is 11.9 Å². The van der Waals surface area contributed by atoms with E-state index in [1.165, 1.54) is 4.90 Å². The predicted octanol–water partition coefficient (Wildman–Crippen LogP) is 0.705. The van der Waals surface area contributed by atoms with Crippen molar-refractivity contribution in [3.63, 3.8) is 0 Å². The molecule has 0 unspecified atom stereocenters. The summed E-state index contributed by atoms with van der Waals surface area (Å²) in [4.78, 5) is 27.1. The van der Waals surface area contributed by atoms with Crippen LogP contribution in [0.3, 0.4) is 0 Å². The van der Waals surface area contributed by atoms with Gasteiger partial charge in [-0.2, -0.15) is 0 Å². The molecule has 1 aliphatic heterocycles. The van der Waals surface area contributed by atoms with E-state index in [1.807, 2.05) is 32.6 Å². The lowest BCUT2D eigenvalue weighted by Crippen LogP contribution is -2.40. The van der Waals surface area contributed by atoms with Gasteiger partial charge in [-0.15, -0.1) is 15.3 Å². The number of rotatable bonds is 19. The van der Waals surface area contributed by atoms with Crippen molar-refractivity contribution in [3.8, 4) is 0 Å². The van der Waals surface area contributed by atoms with E-state index in [2.05, 4.69) is 99.7 Å². The molecule has 1 N–H and O–H groups in total. The summed E-state index contributed by atoms with van der Waals surface area (Å²) in [6.45, 7) is 8.83. The molecule has 1 fully saturated rings. The van der Waals surface area contributed by atoms with Crippen LogP contribution in [0.5, 0.6) is 0 Å². The highest BCUT2D eigenvalue weighted by Crippen LogP contribution is 2.36. The first-order valence-electron chi connectivity index (χ1n) is 17.3. The van der Waals surface area contributed by atoms with E-state index in [1.54, 1.807) is 13.8 Å². The zero-order valence-electron chi connectivity index (χ0n) is 31.8. The Morgan fingerprint density at radius 3 is 1.31 bits per heavy atom. The van der Waals surface area contributed by atoms with E-state index in [4.69, 9.17) is 0 Å². The standard InChI is InChI=1S/C33H60N14O2/c1-32(2)30(48)44(31(49)34-32)14-12-13-33(21-27-24-41(38-35-27)15-18-45(3,4)5,22-28-25-42(39-36-28)16-19-46(6,7)8)23-29-26-43(40-37-29)17-20-47(9,10)11/h24-26H,12-23H2,1-11H3/q+2/p+1. The number of nitrogens with zero attached hydrogens (tertiary/aromatic N) is 13. The van der Waals surface area contributed by atoms with Crippen LogP contribution in [0.1, 0.15) is 43.8 Å². The van der Waals surface area contributed by atoms with Gasteiger partial charge in [-0.1, -0.05) is 15.6 Å². The van der Waals surface area contributed by atoms with Crippen LogP contribution in [-0.2, 0) is 43.7 Å². The molecule has 272 valence electrons. The Morgan fingerprint density at radius 2 is 1.00 bits per heavy atom. The summed E-state index contributed by atoms with van der Waals surface area (Å²) in [5.41, 5.74) is 1.32. The maximum atomic E-state index is 13.0. The van der Waals surface area contributed by atoms with Gasteiger partial charge in [0.1, 0.15) is 5.54 Å². The van der Waals surface area contributed by atoms with Crippen LogP contribution in [0.2, 0.25) is 0 Å². The van der Waals surface area contributed by atoms with Crippen molar-refractivity contribution in [1.82, 2.24) is 55.2 Å². The monoisotopic (exact) mass is 686 g/mol. The second-order valence-electron chi connectivity index (χ2n) is 17.6. The van der Waals surface area contributed by atoms with Crippen molar-refractivity contribution in [2.24, 2.45) is 5.41 Å². The average Bonchev–Trinajstić information content (AvgIpc) is 3.74. The summed E-state index contributed by atoms with van der Waals surface area (Å²) in [5.74, 6) is -0.205. The van der Waals surface area contributed by atoms with E-state index < -0.39 is 11.0 Å². The van der Waals surface area contributed by atoms with Gasteiger partial charge in [0, 0.05) is 25.1 Å². The van der Waals surface area contributed by atoms with Crippen molar-refractivity contribution < 1.29 is 23.0 Å². The van der Waals surface area contributed by atoms with Gasteiger partial charge in [-0.25, -0.2) is 18.8 Å². The van der Waals surface area contributed by atoms with E-state index in [0.717, 1.165) is 69.8 Å². The maximum absolute atomic E-state index is 13.0. The minimum Gasteiger partial charge on any atom is -0.329 e. The Labute approximate surface area is 291 Å². The molecule has 1 aliphatic rings. The molecule has 0 spiro atoms. The number of carbonyl (C=O) groups is 2. The highest BCUT2D eigenvalue weighted by atomic mass is 16.2. The first-order valence-corrected chi connectivity index (χ1v) is 17.3. The van der Waals surface area contributed by atoms with Crippen molar-refractivity contribution in [2.75, 3.05) is 89.6 Å². The second-order valence-corrected chi connectivity index (χ2v) is 17.6. The number of amides is 3. The Hall–Kier alpha value is -3.76. The fourth-order valence-electron chi connectivity index (χ4n) is 6.03. The smallest absolute Gasteiger partial charge is 0.325 e. The van der Waals surface area contributed by atoms with E-state index >= 15 is 0 Å². The van der Waals surface area contributed by atoms with Gasteiger partial charge >= 0.3 is 6.03 Å². The molecular weight excluding hydrogens is 624 g/mol. The SMILES string of the molecule is CC1(C)NC(=O)N(CCCC(Cc2cn(CC[N+](C)(C)C)nn2)(Cc2cn(CC[N+](C)(C)C)nn2)Cc2cn(CC[N+](C)(C)C)nn2)C1=O. The number of quaternary nitrogens is 3. The third-order valence-electron chi connectivity index (χ3n) is 8.96. The zero-order valence-corrected chi connectivity index (χ0v) is 31.8. The van der Waals surface area contributed by atoms with E-state index in [-0.39, 0.29) is 11.9 Å². The topological polar surface area (TPSA) is 142 Å². The number of urea groups is 1. The highest BCUT2D eigenvalue weighted by molar-refractivity contribution is 6.06. The molecule has 3 amide bonds. The van der Waals surface area contributed by atoms with Gasteiger partial charge in [0.05, 0.1) is 120 Å². The third-order valence-corrected chi connectivity index (χ3v) is 8.96. The van der Waals surface area contributed by atoms with Gasteiger partial charge in [0.15, 0.2) is 0 Å². The zero-order chi connectivity index (χ0) is 36.3. The first kappa shape index (κ1) is 38.0. The summed E-state index contributed by atoms with van der Waals surface area (Å²) in [6, 6.07) is -0.346. The number of hydrogen-bond acceptors (Lipinski definition) is 8. The molecule has 16 nitrogen and oxygen atoms in total. The molecule has 0 aromatic carbocycles. The largest absolute Gasteiger partial charge is 0.329 e. The number of hydrogen-bond donors (Lipinski definition) is 1. The molecule has 4 rings (SSSR count). The maximum Gasteiger partial charge on any atom is 0.325 e. The summed E-state index contributed by atoms with van der Waals surface area (Å²) in [7, 11) is 19.5. The molecule has 0 atom stereocenters. The van der Waals surface area contributed by atoms with E-state index in [9.17, 15) is 9.59 Å². The summed E-state index contributed by atoms with van der Waals surface area (Å²) >= 11 is 0. The number of carbonyl (C=O) groups excluding carboxylic acids is 2. The molecule has 0 saturated carbocycles. The Morgan fingerprint density at radius 1 is 0.633 bits per heavy atom. The molecule has 0 bridgehead atoms. The highest BCUT2D eigenvalue weighted by Gasteiger charge is 2.44. The summed E-state index contributed by atoms with van der Waals surface area (Å²) < 4.78 is 8.23. The Bertz CT molecular complexity index is 1410. The van der Waals surface area contributed by atoms with Gasteiger partial charge in [0.2, 0.25) is 0 Å². The van der Waals surface area contributed by atoms with Gasteiger partial charge in [-0.3, -0.25) is 9.69 Å². The van der Waals surface area contributed by atoms with Gasteiger partial charge < -0.3 is 18.8 Å². The quantitative estimate of drug-likeness (QED) is 0.144. The lowest BCUT2D eigenvalue weighted by atomic mass is 9.72. The number of nitrogens with one attached hydrogen (secondary N) is 1. The molecule has 3 aromatic heterocycles. The van der Waals surface area contributed by atoms with Crippen molar-refractivity contribution in [1.29, 1.82) is 0 Å². The normalized spacial score (nSPS) is 15.8. The molecule has 0 radical (unpaired) electrons. The molecule has 0 aliphatic carbocycles. The predicted molar refractivity (Wildman–Crippen MR) is 186 cm³/mol. The minimum absolute atomic E-state index is 0.205. The number of likely N-dealkylation sites (N-methyl/N-ethyl adjacent to an activating group) is 3. The van der Waals surface area contributed by atoms with Crippen LogP contribution >= 0.6 is 0 Å². The van der Waals surface area contributed by atoms with E-state index in [0.29, 0.717) is 38.6 Å². The second kappa shape index (κ2) is 14.6. The number of aromatic nitrogens is 9. The van der Waals surface area contributed by atoms with Crippen LogP contribution in [0.25, 0.3) is 0 Å². The Balaban J connectivity index is 1.65. The fraction of sp³-hybridized carbons (Fsp3) is 0.758. The van der Waals surface area contributed by atoms with Crippen LogP contribution in [0.4, 0.5) is 4.79 Å². The molecule has 1 saturated heterocycles. The summed E-state index contributed by atoms with van der Waals surface area (Å²) in [5, 5.41) is 30.1. The van der Waals surface area contributed by atoms with Crippen LogP contribution in [0, 0.1) is 5.41 Å². The van der Waals surface area contributed by atoms with Crippen LogP contribution in [0.15, 0.2) is 18.6 Å². The third kappa shape index (κ3) is 11.7. The fourth-order valence-corrected chi connectivity index (χ4v) is 6.03. The van der Waals surface area contributed by atoms with Gasteiger partial charge in [-0.05, 0) is 51.4 Å². The Kier molecular flexibility index (Phi) is 11.3. The molecular formula is C33H61N14O2+3. The van der Waals surface area contributed by atoms with Crippen molar-refractivity contribution in [2.45, 2.75) is 71.1 Å². The minimum atomic E-state index is -0.910. The summed E-state index contributed by atoms with van der Waals surface area (Å²) in [6.07, 6.45) is 9.26. The molecule has 49 heavy (non-hydrogen) atoms. The van der Waals surface area contributed by atoms with Crippen molar-refractivity contribution in [3.05, 3.63) is 35.7 Å². The van der Waals surface area contributed by atoms with Crippen LogP contribution in [-0.4, -0.2) is 170 Å². The van der Waals surface area contributed by atoms with Crippen LogP contribution < -0.4 is 5.32 Å². The van der Waals surface area contributed by atoms with Gasteiger partial charge in [0.25, 0.3) is 5.91 Å². The number of imide groups is 1. The average molecular weight is 686 g/mol. The lowest BCUT2D eigenvalue weighted by molar-refractivity contribution is -0.871.